The molecule has 5 nitrogen and oxygen atoms in total. The van der Waals surface area contributed by atoms with Crippen LogP contribution in [0.2, 0.25) is 5.02 Å². The van der Waals surface area contributed by atoms with Crippen molar-refractivity contribution in [2.45, 2.75) is 26.2 Å². The Morgan fingerprint density at radius 1 is 1.32 bits per heavy atom. The Balaban J connectivity index is 2.17. The van der Waals surface area contributed by atoms with E-state index in [0.29, 0.717) is 32.0 Å². The molecule has 0 aliphatic rings. The van der Waals surface area contributed by atoms with Gasteiger partial charge < -0.3 is 4.74 Å². The standard InChI is InChI=1S/C20H18Br2ClN3O2/c1-4-11(2)19-25-17-6-5-13(21)9-14(17)20(27)26(19)24-10-12-7-15(22)18(28-3)16(23)8-12/h5-11H,4H2,1-3H3/t11-/m0/s1. The summed E-state index contributed by atoms with van der Waals surface area (Å²) in [5, 5.41) is 5.40. The lowest BCUT2D eigenvalue weighted by Gasteiger charge is -2.14. The number of hydrogen-bond donors (Lipinski definition) is 0. The number of fused-ring (bicyclic) bond motifs is 1. The first-order valence-electron chi connectivity index (χ1n) is 8.65. The Hall–Kier alpha value is -1.70. The van der Waals surface area contributed by atoms with Gasteiger partial charge in [0.05, 0.1) is 33.7 Å². The zero-order valence-electron chi connectivity index (χ0n) is 15.5. The lowest BCUT2D eigenvalue weighted by Crippen LogP contribution is -2.23. The smallest absolute Gasteiger partial charge is 0.282 e. The predicted molar refractivity (Wildman–Crippen MR) is 121 cm³/mol. The maximum atomic E-state index is 13.1. The molecule has 28 heavy (non-hydrogen) atoms. The lowest BCUT2D eigenvalue weighted by molar-refractivity contribution is 0.412. The number of benzene rings is 2. The first-order chi connectivity index (χ1) is 13.3. The second-order valence-electron chi connectivity index (χ2n) is 6.32. The van der Waals surface area contributed by atoms with E-state index in [2.05, 4.69) is 43.9 Å². The Labute approximate surface area is 184 Å². The van der Waals surface area contributed by atoms with Gasteiger partial charge in [-0.25, -0.2) is 4.98 Å². The zero-order chi connectivity index (χ0) is 20.4. The van der Waals surface area contributed by atoms with Gasteiger partial charge in [-0.15, -0.1) is 0 Å². The Morgan fingerprint density at radius 3 is 2.71 bits per heavy atom. The van der Waals surface area contributed by atoms with Crippen molar-refractivity contribution in [3.05, 3.63) is 66.0 Å². The van der Waals surface area contributed by atoms with Gasteiger partial charge in [0.1, 0.15) is 5.82 Å². The maximum absolute atomic E-state index is 13.1. The molecule has 2 aromatic carbocycles. The monoisotopic (exact) mass is 525 g/mol. The van der Waals surface area contributed by atoms with Crippen molar-refractivity contribution in [2.24, 2.45) is 5.10 Å². The van der Waals surface area contributed by atoms with Gasteiger partial charge in [-0.05, 0) is 58.2 Å². The largest absolute Gasteiger partial charge is 0.494 e. The summed E-state index contributed by atoms with van der Waals surface area (Å²) in [4.78, 5) is 17.8. The van der Waals surface area contributed by atoms with Gasteiger partial charge in [0.15, 0.2) is 5.75 Å². The van der Waals surface area contributed by atoms with Crippen LogP contribution in [0.15, 0.2) is 49.2 Å². The molecule has 0 fully saturated rings. The zero-order valence-corrected chi connectivity index (χ0v) is 19.5. The van der Waals surface area contributed by atoms with Gasteiger partial charge in [-0.2, -0.15) is 9.78 Å². The quantitative estimate of drug-likeness (QED) is 0.384. The lowest BCUT2D eigenvalue weighted by atomic mass is 10.1. The second kappa shape index (κ2) is 8.76. The van der Waals surface area contributed by atoms with Crippen LogP contribution >= 0.6 is 43.5 Å². The molecule has 8 heteroatoms. The highest BCUT2D eigenvalue weighted by atomic mass is 79.9. The molecule has 0 radical (unpaired) electrons. The van der Waals surface area contributed by atoms with E-state index in [-0.39, 0.29) is 11.5 Å². The number of halogens is 3. The Kier molecular flexibility index (Phi) is 6.58. The number of methoxy groups -OCH3 is 1. The van der Waals surface area contributed by atoms with E-state index in [0.717, 1.165) is 16.5 Å². The molecule has 0 amide bonds. The minimum Gasteiger partial charge on any atom is -0.494 e. The highest BCUT2D eigenvalue weighted by Crippen LogP contribution is 2.33. The van der Waals surface area contributed by atoms with Crippen molar-refractivity contribution >= 4 is 60.6 Å². The molecule has 1 atom stereocenters. The minimum atomic E-state index is -0.212. The molecule has 0 unspecified atom stereocenters. The molecule has 3 rings (SSSR count). The van der Waals surface area contributed by atoms with E-state index in [1.165, 1.54) is 4.68 Å². The second-order valence-corrected chi connectivity index (χ2v) is 8.50. The van der Waals surface area contributed by atoms with E-state index < -0.39 is 0 Å². The fourth-order valence-corrected chi connectivity index (χ4v) is 4.17. The summed E-state index contributed by atoms with van der Waals surface area (Å²) in [6, 6.07) is 9.03. The fourth-order valence-electron chi connectivity index (χ4n) is 2.75. The van der Waals surface area contributed by atoms with Crippen molar-refractivity contribution in [3.8, 4) is 5.75 Å². The molecule has 0 bridgehead atoms. The Bertz CT molecular complexity index is 1110. The molecule has 0 saturated carbocycles. The molecule has 0 aliphatic carbocycles. The van der Waals surface area contributed by atoms with Gasteiger partial charge in [0.25, 0.3) is 5.56 Å². The van der Waals surface area contributed by atoms with Crippen LogP contribution < -0.4 is 10.3 Å². The first-order valence-corrected chi connectivity index (χ1v) is 10.6. The van der Waals surface area contributed by atoms with Crippen LogP contribution in [0, 0.1) is 0 Å². The fraction of sp³-hybridized carbons (Fsp3) is 0.250. The summed E-state index contributed by atoms with van der Waals surface area (Å²) >= 11 is 13.1. The summed E-state index contributed by atoms with van der Waals surface area (Å²) < 4.78 is 8.14. The van der Waals surface area contributed by atoms with Crippen LogP contribution in [-0.4, -0.2) is 23.0 Å². The van der Waals surface area contributed by atoms with E-state index in [1.807, 2.05) is 25.1 Å². The van der Waals surface area contributed by atoms with E-state index in [1.54, 1.807) is 25.5 Å². The van der Waals surface area contributed by atoms with Crippen molar-refractivity contribution in [3.63, 3.8) is 0 Å². The average molecular weight is 528 g/mol. The van der Waals surface area contributed by atoms with Crippen LogP contribution in [0.25, 0.3) is 10.9 Å². The molecule has 0 N–H and O–H groups in total. The van der Waals surface area contributed by atoms with Gasteiger partial charge in [-0.3, -0.25) is 4.79 Å². The topological polar surface area (TPSA) is 56.5 Å². The molecule has 0 saturated heterocycles. The van der Waals surface area contributed by atoms with E-state index >= 15 is 0 Å². The third-order valence-electron chi connectivity index (χ3n) is 4.43. The highest BCUT2D eigenvalue weighted by Gasteiger charge is 2.16. The van der Waals surface area contributed by atoms with Crippen LogP contribution in [-0.2, 0) is 0 Å². The molecule has 146 valence electrons. The van der Waals surface area contributed by atoms with Crippen LogP contribution in [0.1, 0.15) is 37.6 Å². The van der Waals surface area contributed by atoms with Gasteiger partial charge in [-0.1, -0.05) is 41.4 Å². The summed E-state index contributed by atoms with van der Waals surface area (Å²) in [6.07, 6.45) is 2.43. The summed E-state index contributed by atoms with van der Waals surface area (Å²) in [5.41, 5.74) is 1.18. The average Bonchev–Trinajstić information content (AvgIpc) is 2.66. The number of rotatable bonds is 5. The highest BCUT2D eigenvalue weighted by molar-refractivity contribution is 9.10. The van der Waals surface area contributed by atoms with Crippen LogP contribution in [0.5, 0.6) is 5.75 Å². The third-order valence-corrected chi connectivity index (χ3v) is 5.80. The van der Waals surface area contributed by atoms with Gasteiger partial charge in [0, 0.05) is 10.4 Å². The first kappa shape index (κ1) is 21.0. The molecule has 0 aliphatic heterocycles. The SMILES string of the molecule is CC[C@H](C)c1nc2ccc(Br)cc2c(=O)n1N=Cc1cc(Cl)c(OC)c(Br)c1. The van der Waals surface area contributed by atoms with Crippen LogP contribution in [0.4, 0.5) is 0 Å². The molecule has 3 aromatic rings. The number of aromatic nitrogens is 2. The van der Waals surface area contributed by atoms with Crippen molar-refractivity contribution in [1.82, 2.24) is 9.66 Å². The summed E-state index contributed by atoms with van der Waals surface area (Å²) in [7, 11) is 1.55. The molecule has 0 spiro atoms. The molecular weight excluding hydrogens is 510 g/mol. The number of ether oxygens (including phenoxy) is 1. The van der Waals surface area contributed by atoms with Crippen molar-refractivity contribution in [1.29, 1.82) is 0 Å². The summed E-state index contributed by atoms with van der Waals surface area (Å²) in [6.45, 7) is 4.08. The van der Waals surface area contributed by atoms with E-state index in [9.17, 15) is 4.79 Å². The van der Waals surface area contributed by atoms with Crippen molar-refractivity contribution in [2.75, 3.05) is 7.11 Å². The van der Waals surface area contributed by atoms with E-state index in [4.69, 9.17) is 21.3 Å². The third kappa shape index (κ3) is 4.16. The van der Waals surface area contributed by atoms with Crippen LogP contribution in [0.3, 0.4) is 0 Å². The predicted octanol–water partition coefficient (Wildman–Crippen LogP) is 5.98. The maximum Gasteiger partial charge on any atom is 0.282 e. The molecule has 1 aromatic heterocycles. The Morgan fingerprint density at radius 2 is 2.07 bits per heavy atom. The minimum absolute atomic E-state index is 0.0732. The number of hydrogen-bond acceptors (Lipinski definition) is 4. The molecular formula is C20H18Br2ClN3O2. The van der Waals surface area contributed by atoms with Gasteiger partial charge >= 0.3 is 0 Å². The summed E-state index contributed by atoms with van der Waals surface area (Å²) in [5.74, 6) is 1.25. The van der Waals surface area contributed by atoms with Gasteiger partial charge in [0.2, 0.25) is 0 Å². The molecule has 1 heterocycles. The van der Waals surface area contributed by atoms with Crippen molar-refractivity contribution < 1.29 is 4.74 Å². The number of nitrogens with zero attached hydrogens (tertiary/aromatic N) is 3. The normalized spacial score (nSPS) is 12.6.